The number of nitrogens with zero attached hydrogens (tertiary/aromatic N) is 1. The quantitative estimate of drug-likeness (QED) is 0.775. The third-order valence-corrected chi connectivity index (χ3v) is 5.87. The van der Waals surface area contributed by atoms with Gasteiger partial charge in [0.2, 0.25) is 0 Å². The molecular weight excluding hydrogens is 398 g/mol. The Morgan fingerprint density at radius 3 is 2.52 bits per heavy atom. The molecular formula is C17H16ClNO7S. The Kier molecular flexibility index (Phi) is 5.33. The molecule has 0 fully saturated rings. The van der Waals surface area contributed by atoms with Crippen LogP contribution in [0.2, 0.25) is 5.02 Å². The second-order valence-electron chi connectivity index (χ2n) is 5.53. The topological polar surface area (TPSA) is 102 Å². The summed E-state index contributed by atoms with van der Waals surface area (Å²) in [7, 11) is -2.78. The lowest BCUT2D eigenvalue weighted by Gasteiger charge is -2.24. The van der Waals surface area contributed by atoms with E-state index in [9.17, 15) is 18.3 Å². The Bertz CT molecular complexity index is 977. The monoisotopic (exact) mass is 413 g/mol. The van der Waals surface area contributed by atoms with Gasteiger partial charge in [-0.15, -0.1) is 0 Å². The standard InChI is InChI=1S/C17H16ClNO7S/c1-24-14-4-2-11(8-13(14)18)19(10-17(20)21)27(22,23)12-3-5-15-16(9-12)26-7-6-25-15/h2-5,8-9H,6-7,10H2,1H3,(H,20,21). The van der Waals surface area contributed by atoms with Crippen LogP contribution in [0, 0.1) is 0 Å². The first-order valence-corrected chi connectivity index (χ1v) is 9.62. The minimum Gasteiger partial charge on any atom is -0.495 e. The number of methoxy groups -OCH3 is 1. The fraction of sp³-hybridized carbons (Fsp3) is 0.235. The van der Waals surface area contributed by atoms with Crippen molar-refractivity contribution in [3.05, 3.63) is 41.4 Å². The molecule has 1 aliphatic rings. The number of anilines is 1. The first kappa shape index (κ1) is 19.1. The van der Waals surface area contributed by atoms with E-state index in [-0.39, 0.29) is 21.4 Å². The van der Waals surface area contributed by atoms with Crippen LogP contribution in [0.25, 0.3) is 0 Å². The van der Waals surface area contributed by atoms with Gasteiger partial charge in [0, 0.05) is 6.07 Å². The number of hydrogen-bond donors (Lipinski definition) is 1. The smallest absolute Gasteiger partial charge is 0.324 e. The maximum absolute atomic E-state index is 13.1. The number of halogens is 1. The second-order valence-corrected chi connectivity index (χ2v) is 7.80. The molecule has 3 rings (SSSR count). The van der Waals surface area contributed by atoms with Crippen LogP contribution in [0.5, 0.6) is 17.2 Å². The van der Waals surface area contributed by atoms with Gasteiger partial charge in [-0.1, -0.05) is 11.6 Å². The van der Waals surface area contributed by atoms with Crippen LogP contribution in [0.15, 0.2) is 41.3 Å². The molecule has 1 aliphatic heterocycles. The largest absolute Gasteiger partial charge is 0.495 e. The van der Waals surface area contributed by atoms with Gasteiger partial charge >= 0.3 is 5.97 Å². The highest BCUT2D eigenvalue weighted by atomic mass is 35.5. The average Bonchev–Trinajstić information content (AvgIpc) is 2.65. The maximum Gasteiger partial charge on any atom is 0.324 e. The average molecular weight is 414 g/mol. The molecule has 0 spiro atoms. The van der Waals surface area contributed by atoms with Gasteiger partial charge in [-0.05, 0) is 30.3 Å². The molecule has 0 aromatic heterocycles. The van der Waals surface area contributed by atoms with Crippen LogP contribution in [-0.4, -0.2) is 46.4 Å². The Labute approximate surface area is 160 Å². The first-order valence-electron chi connectivity index (χ1n) is 7.80. The van der Waals surface area contributed by atoms with Gasteiger partial charge < -0.3 is 19.3 Å². The summed E-state index contributed by atoms with van der Waals surface area (Å²) in [6, 6.07) is 8.34. The molecule has 2 aromatic rings. The molecule has 2 aromatic carbocycles. The third kappa shape index (κ3) is 3.88. The number of benzene rings is 2. The highest BCUT2D eigenvalue weighted by Gasteiger charge is 2.29. The lowest BCUT2D eigenvalue weighted by atomic mass is 10.3. The maximum atomic E-state index is 13.1. The Morgan fingerprint density at radius 2 is 1.89 bits per heavy atom. The summed E-state index contributed by atoms with van der Waals surface area (Å²) in [6.07, 6.45) is 0. The van der Waals surface area contributed by atoms with Crippen LogP contribution in [0.1, 0.15) is 0 Å². The zero-order valence-corrected chi connectivity index (χ0v) is 15.8. The number of rotatable bonds is 6. The molecule has 0 saturated carbocycles. The van der Waals surface area contributed by atoms with Crippen LogP contribution in [0.3, 0.4) is 0 Å². The summed E-state index contributed by atoms with van der Waals surface area (Å²) < 4.78 is 42.8. The number of aliphatic carboxylic acids is 1. The van der Waals surface area contributed by atoms with Gasteiger partial charge in [0.05, 0.1) is 22.7 Å². The number of carboxylic acid groups (broad SMARTS) is 1. The van der Waals surface area contributed by atoms with Crippen molar-refractivity contribution in [3.63, 3.8) is 0 Å². The predicted octanol–water partition coefficient (Wildman–Crippen LogP) is 2.40. The van der Waals surface area contributed by atoms with Crippen LogP contribution in [0.4, 0.5) is 5.69 Å². The summed E-state index contributed by atoms with van der Waals surface area (Å²) in [5.74, 6) is -0.265. The van der Waals surface area contributed by atoms with E-state index in [4.69, 9.17) is 25.8 Å². The zero-order chi connectivity index (χ0) is 19.6. The van der Waals surface area contributed by atoms with E-state index in [0.29, 0.717) is 24.7 Å². The van der Waals surface area contributed by atoms with Crippen molar-refractivity contribution >= 4 is 33.3 Å². The molecule has 0 atom stereocenters. The van der Waals surface area contributed by atoms with Crippen molar-refractivity contribution in [3.8, 4) is 17.2 Å². The fourth-order valence-corrected chi connectivity index (χ4v) is 4.23. The van der Waals surface area contributed by atoms with Gasteiger partial charge in [0.15, 0.2) is 11.5 Å². The van der Waals surface area contributed by atoms with Crippen molar-refractivity contribution < 1.29 is 32.5 Å². The molecule has 0 unspecified atom stereocenters. The summed E-state index contributed by atoms with van der Waals surface area (Å²) in [5.41, 5.74) is 0.0955. The third-order valence-electron chi connectivity index (χ3n) is 3.80. The van der Waals surface area contributed by atoms with Gasteiger partial charge in [0.1, 0.15) is 25.5 Å². The Morgan fingerprint density at radius 1 is 1.19 bits per heavy atom. The van der Waals surface area contributed by atoms with Gasteiger partial charge in [-0.3, -0.25) is 9.10 Å². The molecule has 10 heteroatoms. The van der Waals surface area contributed by atoms with Crippen LogP contribution >= 0.6 is 11.6 Å². The number of sulfonamides is 1. The van der Waals surface area contributed by atoms with E-state index < -0.39 is 22.5 Å². The summed E-state index contributed by atoms with van der Waals surface area (Å²) in [4.78, 5) is 11.2. The van der Waals surface area contributed by atoms with E-state index >= 15 is 0 Å². The summed E-state index contributed by atoms with van der Waals surface area (Å²) >= 11 is 6.07. The second kappa shape index (κ2) is 7.53. The lowest BCUT2D eigenvalue weighted by molar-refractivity contribution is -0.135. The highest BCUT2D eigenvalue weighted by Crippen LogP contribution is 2.35. The molecule has 144 valence electrons. The van der Waals surface area contributed by atoms with Crippen LogP contribution < -0.4 is 18.5 Å². The van der Waals surface area contributed by atoms with Crippen molar-refractivity contribution in [2.75, 3.05) is 31.2 Å². The van der Waals surface area contributed by atoms with E-state index in [0.717, 1.165) is 4.31 Å². The number of carbonyl (C=O) groups is 1. The van der Waals surface area contributed by atoms with Crippen molar-refractivity contribution in [2.24, 2.45) is 0 Å². The Hall–Kier alpha value is -2.65. The number of carboxylic acids is 1. The molecule has 1 heterocycles. The van der Waals surface area contributed by atoms with Gasteiger partial charge in [-0.2, -0.15) is 0 Å². The molecule has 0 radical (unpaired) electrons. The Balaban J connectivity index is 2.06. The summed E-state index contributed by atoms with van der Waals surface area (Å²) in [5, 5.41) is 9.36. The SMILES string of the molecule is COc1ccc(N(CC(=O)O)S(=O)(=O)c2ccc3c(c2)OCCO3)cc1Cl. The van der Waals surface area contributed by atoms with E-state index in [1.54, 1.807) is 0 Å². The van der Waals surface area contributed by atoms with Crippen molar-refractivity contribution in [1.82, 2.24) is 0 Å². The fourth-order valence-electron chi connectivity index (χ4n) is 2.56. The predicted molar refractivity (Wildman–Crippen MR) is 97.6 cm³/mol. The lowest BCUT2D eigenvalue weighted by Crippen LogP contribution is -2.35. The molecule has 0 amide bonds. The number of hydrogen-bond acceptors (Lipinski definition) is 6. The minimum absolute atomic E-state index is 0.0955. The number of fused-ring (bicyclic) bond motifs is 1. The van der Waals surface area contributed by atoms with Crippen molar-refractivity contribution in [1.29, 1.82) is 0 Å². The zero-order valence-electron chi connectivity index (χ0n) is 14.2. The molecule has 1 N–H and O–H groups in total. The molecule has 8 nitrogen and oxygen atoms in total. The van der Waals surface area contributed by atoms with E-state index in [1.165, 1.54) is 43.5 Å². The van der Waals surface area contributed by atoms with Gasteiger partial charge in [-0.25, -0.2) is 8.42 Å². The molecule has 27 heavy (non-hydrogen) atoms. The summed E-state index contributed by atoms with van der Waals surface area (Å²) in [6.45, 7) is -0.114. The first-order chi connectivity index (χ1) is 12.8. The minimum atomic E-state index is -4.20. The molecule has 0 saturated heterocycles. The normalized spacial score (nSPS) is 13.1. The number of ether oxygens (including phenoxy) is 3. The van der Waals surface area contributed by atoms with E-state index in [2.05, 4.69) is 0 Å². The highest BCUT2D eigenvalue weighted by molar-refractivity contribution is 7.92. The molecule has 0 bridgehead atoms. The van der Waals surface area contributed by atoms with E-state index in [1.807, 2.05) is 0 Å². The molecule has 0 aliphatic carbocycles. The van der Waals surface area contributed by atoms with Gasteiger partial charge in [0.25, 0.3) is 10.0 Å². The van der Waals surface area contributed by atoms with Crippen molar-refractivity contribution in [2.45, 2.75) is 4.90 Å². The van der Waals surface area contributed by atoms with Crippen LogP contribution in [-0.2, 0) is 14.8 Å².